The molecule has 4 nitrogen and oxygen atoms in total. The average Bonchev–Trinajstić information content (AvgIpc) is 3.09. The van der Waals surface area contributed by atoms with Crippen LogP contribution in [0.15, 0.2) is 42.5 Å². The Morgan fingerprint density at radius 2 is 2.00 bits per heavy atom. The SMILES string of the molecule is O=C(Nc1ccc2ccccc2c1)N1CC[C@@H]2CNC[C@@H]21. The van der Waals surface area contributed by atoms with E-state index in [1.54, 1.807) is 0 Å². The lowest BCUT2D eigenvalue weighted by atomic mass is 10.1. The molecule has 0 saturated carbocycles. The second kappa shape index (κ2) is 5.04. The number of carbonyl (C=O) groups is 1. The minimum absolute atomic E-state index is 0.0291. The lowest BCUT2D eigenvalue weighted by Gasteiger charge is -2.23. The van der Waals surface area contributed by atoms with Crippen molar-refractivity contribution in [3.8, 4) is 0 Å². The maximum Gasteiger partial charge on any atom is 0.322 e. The van der Waals surface area contributed by atoms with Crippen LogP contribution in [0, 0.1) is 5.92 Å². The summed E-state index contributed by atoms with van der Waals surface area (Å²) >= 11 is 0. The monoisotopic (exact) mass is 281 g/mol. The van der Waals surface area contributed by atoms with E-state index < -0.39 is 0 Å². The predicted octanol–water partition coefficient (Wildman–Crippen LogP) is 2.67. The fraction of sp³-hybridized carbons (Fsp3) is 0.353. The Hall–Kier alpha value is -2.07. The van der Waals surface area contributed by atoms with Crippen LogP contribution in [0.4, 0.5) is 10.5 Å². The molecule has 4 heteroatoms. The number of nitrogens with zero attached hydrogens (tertiary/aromatic N) is 1. The van der Waals surface area contributed by atoms with Crippen molar-refractivity contribution in [2.45, 2.75) is 12.5 Å². The quantitative estimate of drug-likeness (QED) is 0.844. The number of hydrogen-bond acceptors (Lipinski definition) is 2. The number of hydrogen-bond donors (Lipinski definition) is 2. The third kappa shape index (κ3) is 2.25. The van der Waals surface area contributed by atoms with Gasteiger partial charge in [-0.25, -0.2) is 4.79 Å². The van der Waals surface area contributed by atoms with E-state index in [0.29, 0.717) is 12.0 Å². The molecule has 2 fully saturated rings. The third-order valence-electron chi connectivity index (χ3n) is 4.71. The van der Waals surface area contributed by atoms with E-state index in [2.05, 4.69) is 28.8 Å². The summed E-state index contributed by atoms with van der Waals surface area (Å²) in [5, 5.41) is 8.76. The molecule has 4 rings (SSSR count). The molecule has 2 heterocycles. The maximum atomic E-state index is 12.5. The summed E-state index contributed by atoms with van der Waals surface area (Å²) in [7, 11) is 0. The van der Waals surface area contributed by atoms with Crippen molar-refractivity contribution >= 4 is 22.5 Å². The number of amides is 2. The van der Waals surface area contributed by atoms with E-state index in [9.17, 15) is 4.79 Å². The summed E-state index contributed by atoms with van der Waals surface area (Å²) in [5.41, 5.74) is 0.869. The van der Waals surface area contributed by atoms with E-state index in [1.807, 2.05) is 29.2 Å². The van der Waals surface area contributed by atoms with Gasteiger partial charge < -0.3 is 15.5 Å². The number of anilines is 1. The van der Waals surface area contributed by atoms with Gasteiger partial charge in [-0.05, 0) is 35.2 Å². The highest BCUT2D eigenvalue weighted by Gasteiger charge is 2.39. The highest BCUT2D eigenvalue weighted by atomic mass is 16.2. The van der Waals surface area contributed by atoms with Gasteiger partial charge in [0.1, 0.15) is 0 Å². The zero-order valence-electron chi connectivity index (χ0n) is 11.9. The van der Waals surface area contributed by atoms with Gasteiger partial charge in [-0.2, -0.15) is 0 Å². The van der Waals surface area contributed by atoms with Gasteiger partial charge in [-0.3, -0.25) is 0 Å². The van der Waals surface area contributed by atoms with Gasteiger partial charge in [-0.1, -0.05) is 30.3 Å². The molecule has 21 heavy (non-hydrogen) atoms. The molecule has 0 aliphatic carbocycles. The number of benzene rings is 2. The summed E-state index contributed by atoms with van der Waals surface area (Å²) in [6.07, 6.45) is 1.11. The molecule has 108 valence electrons. The Morgan fingerprint density at radius 3 is 2.90 bits per heavy atom. The van der Waals surface area contributed by atoms with Gasteiger partial charge in [0.05, 0.1) is 0 Å². The van der Waals surface area contributed by atoms with Gasteiger partial charge >= 0.3 is 6.03 Å². The van der Waals surface area contributed by atoms with Gasteiger partial charge in [-0.15, -0.1) is 0 Å². The number of rotatable bonds is 1. The molecular weight excluding hydrogens is 262 g/mol. The zero-order chi connectivity index (χ0) is 14.2. The predicted molar refractivity (Wildman–Crippen MR) is 84.4 cm³/mol. The van der Waals surface area contributed by atoms with Gasteiger partial charge in [0.25, 0.3) is 0 Å². The second-order valence-corrected chi connectivity index (χ2v) is 5.96. The van der Waals surface area contributed by atoms with Crippen LogP contribution in [0.2, 0.25) is 0 Å². The normalized spacial score (nSPS) is 24.3. The number of likely N-dealkylation sites (tertiary alicyclic amines) is 1. The van der Waals surface area contributed by atoms with Crippen molar-refractivity contribution in [3.05, 3.63) is 42.5 Å². The number of carbonyl (C=O) groups excluding carboxylic acids is 1. The molecule has 2 amide bonds. The van der Waals surface area contributed by atoms with E-state index in [4.69, 9.17) is 0 Å². The summed E-state index contributed by atoms with van der Waals surface area (Å²) in [5.74, 6) is 0.632. The number of fused-ring (bicyclic) bond motifs is 2. The van der Waals surface area contributed by atoms with Crippen molar-refractivity contribution < 1.29 is 4.79 Å². The lowest BCUT2D eigenvalue weighted by Crippen LogP contribution is -2.41. The molecule has 2 N–H and O–H groups in total. The van der Waals surface area contributed by atoms with Crippen LogP contribution in [0.5, 0.6) is 0 Å². The fourth-order valence-electron chi connectivity index (χ4n) is 3.56. The number of nitrogens with one attached hydrogen (secondary N) is 2. The first-order chi connectivity index (χ1) is 10.3. The molecule has 2 aromatic carbocycles. The highest BCUT2D eigenvalue weighted by Crippen LogP contribution is 2.28. The Balaban J connectivity index is 1.52. The van der Waals surface area contributed by atoms with Crippen LogP contribution in [-0.2, 0) is 0 Å². The van der Waals surface area contributed by atoms with Crippen molar-refractivity contribution in [1.29, 1.82) is 0 Å². The molecule has 0 aromatic heterocycles. The van der Waals surface area contributed by atoms with Crippen LogP contribution < -0.4 is 10.6 Å². The first-order valence-electron chi connectivity index (χ1n) is 7.58. The van der Waals surface area contributed by atoms with E-state index in [0.717, 1.165) is 37.1 Å². The van der Waals surface area contributed by atoms with Crippen LogP contribution >= 0.6 is 0 Å². The molecule has 2 atom stereocenters. The minimum Gasteiger partial charge on any atom is -0.320 e. The Labute approximate surface area is 124 Å². The van der Waals surface area contributed by atoms with Crippen LogP contribution in [0.3, 0.4) is 0 Å². The van der Waals surface area contributed by atoms with Crippen LogP contribution in [0.1, 0.15) is 6.42 Å². The van der Waals surface area contributed by atoms with Gasteiger partial charge in [0.2, 0.25) is 0 Å². The molecule has 0 unspecified atom stereocenters. The number of urea groups is 1. The Bertz CT molecular complexity index is 685. The fourth-order valence-corrected chi connectivity index (χ4v) is 3.56. The highest BCUT2D eigenvalue weighted by molar-refractivity contribution is 5.93. The van der Waals surface area contributed by atoms with E-state index in [1.165, 1.54) is 5.39 Å². The van der Waals surface area contributed by atoms with E-state index in [-0.39, 0.29) is 6.03 Å². The summed E-state index contributed by atoms with van der Waals surface area (Å²) in [6, 6.07) is 14.6. The molecule has 2 aromatic rings. The average molecular weight is 281 g/mol. The third-order valence-corrected chi connectivity index (χ3v) is 4.71. The van der Waals surface area contributed by atoms with Gasteiger partial charge in [0, 0.05) is 31.4 Å². The Morgan fingerprint density at radius 1 is 1.14 bits per heavy atom. The minimum atomic E-state index is 0.0291. The lowest BCUT2D eigenvalue weighted by molar-refractivity contribution is 0.206. The second-order valence-electron chi connectivity index (χ2n) is 5.96. The smallest absolute Gasteiger partial charge is 0.320 e. The molecular formula is C17H19N3O. The van der Waals surface area contributed by atoms with Crippen molar-refractivity contribution in [1.82, 2.24) is 10.2 Å². The Kier molecular flexibility index (Phi) is 3.04. The largest absolute Gasteiger partial charge is 0.322 e. The zero-order valence-corrected chi connectivity index (χ0v) is 11.9. The van der Waals surface area contributed by atoms with E-state index >= 15 is 0 Å². The van der Waals surface area contributed by atoms with Crippen LogP contribution in [-0.4, -0.2) is 36.6 Å². The topological polar surface area (TPSA) is 44.4 Å². The molecule has 0 bridgehead atoms. The molecule has 2 aliphatic rings. The van der Waals surface area contributed by atoms with Crippen molar-refractivity contribution in [2.75, 3.05) is 25.0 Å². The molecule has 2 saturated heterocycles. The van der Waals surface area contributed by atoms with Gasteiger partial charge in [0.15, 0.2) is 0 Å². The molecule has 2 aliphatic heterocycles. The first-order valence-corrected chi connectivity index (χ1v) is 7.58. The maximum absolute atomic E-state index is 12.5. The first kappa shape index (κ1) is 12.7. The summed E-state index contributed by atoms with van der Waals surface area (Å²) in [4.78, 5) is 14.5. The molecule has 0 spiro atoms. The summed E-state index contributed by atoms with van der Waals surface area (Å²) in [6.45, 7) is 2.84. The van der Waals surface area contributed by atoms with Crippen molar-refractivity contribution in [2.24, 2.45) is 5.92 Å². The molecule has 0 radical (unpaired) electrons. The van der Waals surface area contributed by atoms with Crippen LogP contribution in [0.25, 0.3) is 10.8 Å². The summed E-state index contributed by atoms with van der Waals surface area (Å²) < 4.78 is 0. The standard InChI is InChI=1S/C17H19N3O/c21-17(20-8-7-14-10-18-11-16(14)20)19-15-6-5-12-3-1-2-4-13(12)9-15/h1-6,9,14,16,18H,7-8,10-11H2,(H,19,21)/t14-,16+/m1/s1. The van der Waals surface area contributed by atoms with Crippen molar-refractivity contribution in [3.63, 3.8) is 0 Å².